The number of rotatable bonds is 3. The molecule has 1 amide bonds. The first kappa shape index (κ1) is 18.8. The van der Waals surface area contributed by atoms with Crippen molar-refractivity contribution in [3.63, 3.8) is 0 Å². The maximum atomic E-state index is 11.5. The molecule has 0 aromatic carbocycles. The van der Waals surface area contributed by atoms with Gasteiger partial charge in [-0.1, -0.05) is 0 Å². The first-order valence-corrected chi connectivity index (χ1v) is 5.39. The van der Waals surface area contributed by atoms with Gasteiger partial charge in [0.05, 0.1) is 12.0 Å². The highest BCUT2D eigenvalue weighted by molar-refractivity contribution is 14.0. The minimum Gasteiger partial charge on any atom is -0.370 e. The number of halogens is 1. The van der Waals surface area contributed by atoms with E-state index < -0.39 is 5.41 Å². The molecule has 0 rings (SSSR count). The molecule has 0 saturated carbocycles. The van der Waals surface area contributed by atoms with Crippen molar-refractivity contribution in [3.8, 4) is 0 Å². The number of hydrogen-bond donors (Lipinski definition) is 3. The van der Waals surface area contributed by atoms with Gasteiger partial charge in [0.25, 0.3) is 0 Å². The summed E-state index contributed by atoms with van der Waals surface area (Å²) in [4.78, 5) is 15.7. The topological polar surface area (TPSA) is 79.5 Å². The summed E-state index contributed by atoms with van der Waals surface area (Å²) in [6.45, 7) is 10.0. The molecule has 17 heavy (non-hydrogen) atoms. The summed E-state index contributed by atoms with van der Waals surface area (Å²) < 4.78 is 0. The largest absolute Gasteiger partial charge is 0.370 e. The fourth-order valence-electron chi connectivity index (χ4n) is 1.12. The molecule has 6 heteroatoms. The highest BCUT2D eigenvalue weighted by Gasteiger charge is 2.26. The SMILES string of the molecule is CNC(=O)C(C)(C)CN=C(N)NC(C)(C)C.I. The molecule has 0 aliphatic heterocycles. The van der Waals surface area contributed by atoms with E-state index >= 15 is 0 Å². The number of guanidine groups is 1. The third-order valence-corrected chi connectivity index (χ3v) is 1.99. The highest BCUT2D eigenvalue weighted by atomic mass is 127. The molecule has 0 atom stereocenters. The maximum absolute atomic E-state index is 11.5. The Morgan fingerprint density at radius 2 is 1.71 bits per heavy atom. The lowest BCUT2D eigenvalue weighted by atomic mass is 9.93. The van der Waals surface area contributed by atoms with Gasteiger partial charge >= 0.3 is 0 Å². The van der Waals surface area contributed by atoms with E-state index in [0.29, 0.717) is 12.5 Å². The number of aliphatic imine (C=N–C) groups is 1. The van der Waals surface area contributed by atoms with Crippen LogP contribution in [0, 0.1) is 5.41 Å². The van der Waals surface area contributed by atoms with Crippen molar-refractivity contribution in [1.82, 2.24) is 10.6 Å². The van der Waals surface area contributed by atoms with Crippen LogP contribution in [0.25, 0.3) is 0 Å². The molecule has 0 spiro atoms. The Bertz CT molecular complexity index is 282. The summed E-state index contributed by atoms with van der Waals surface area (Å²) in [5.74, 6) is 0.323. The van der Waals surface area contributed by atoms with Crippen molar-refractivity contribution >= 4 is 35.8 Å². The molecule has 0 aromatic rings. The van der Waals surface area contributed by atoms with Crippen LogP contribution in [0.2, 0.25) is 0 Å². The van der Waals surface area contributed by atoms with Crippen LogP contribution >= 0.6 is 24.0 Å². The quantitative estimate of drug-likeness (QED) is 0.402. The molecule has 0 aromatic heterocycles. The summed E-state index contributed by atoms with van der Waals surface area (Å²) in [5, 5.41) is 5.65. The highest BCUT2D eigenvalue weighted by Crippen LogP contribution is 2.15. The Morgan fingerprint density at radius 3 is 2.06 bits per heavy atom. The number of carbonyl (C=O) groups excluding carboxylic acids is 1. The van der Waals surface area contributed by atoms with Gasteiger partial charge in [-0.2, -0.15) is 0 Å². The second kappa shape index (κ2) is 7.03. The zero-order valence-corrected chi connectivity index (χ0v) is 13.9. The summed E-state index contributed by atoms with van der Waals surface area (Å²) in [5.41, 5.74) is 5.05. The van der Waals surface area contributed by atoms with Crippen LogP contribution in [0.5, 0.6) is 0 Å². The van der Waals surface area contributed by atoms with Gasteiger partial charge in [-0.05, 0) is 34.6 Å². The molecule has 0 unspecified atom stereocenters. The summed E-state index contributed by atoms with van der Waals surface area (Å²) >= 11 is 0. The Balaban J connectivity index is 0. The molecule has 0 aliphatic carbocycles. The zero-order valence-electron chi connectivity index (χ0n) is 11.5. The van der Waals surface area contributed by atoms with Crippen molar-refractivity contribution in [2.24, 2.45) is 16.1 Å². The van der Waals surface area contributed by atoms with Crippen molar-refractivity contribution in [2.45, 2.75) is 40.2 Å². The smallest absolute Gasteiger partial charge is 0.227 e. The lowest BCUT2D eigenvalue weighted by Crippen LogP contribution is -2.46. The number of amides is 1. The minimum absolute atomic E-state index is 0. The average molecular weight is 356 g/mol. The summed E-state index contributed by atoms with van der Waals surface area (Å²) in [6.07, 6.45) is 0. The van der Waals surface area contributed by atoms with Gasteiger partial charge in [0.2, 0.25) is 5.91 Å². The molecule has 0 heterocycles. The predicted molar refractivity (Wildman–Crippen MR) is 82.6 cm³/mol. The van der Waals surface area contributed by atoms with E-state index in [-0.39, 0.29) is 35.4 Å². The van der Waals surface area contributed by atoms with E-state index in [9.17, 15) is 4.79 Å². The van der Waals surface area contributed by atoms with Crippen molar-refractivity contribution in [1.29, 1.82) is 0 Å². The average Bonchev–Trinajstić information content (AvgIpc) is 2.11. The van der Waals surface area contributed by atoms with Crippen LogP contribution in [-0.4, -0.2) is 31.0 Å². The number of hydrogen-bond acceptors (Lipinski definition) is 2. The van der Waals surface area contributed by atoms with E-state index in [1.165, 1.54) is 0 Å². The molecule has 0 radical (unpaired) electrons. The molecule has 4 N–H and O–H groups in total. The van der Waals surface area contributed by atoms with Crippen LogP contribution in [-0.2, 0) is 4.79 Å². The molecule has 0 bridgehead atoms. The van der Waals surface area contributed by atoms with Crippen LogP contribution in [0.1, 0.15) is 34.6 Å². The van der Waals surface area contributed by atoms with Gasteiger partial charge in [-0.3, -0.25) is 9.79 Å². The fraction of sp³-hybridized carbons (Fsp3) is 0.818. The van der Waals surface area contributed by atoms with E-state index in [2.05, 4.69) is 15.6 Å². The number of nitrogens with one attached hydrogen (secondary N) is 2. The van der Waals surface area contributed by atoms with Crippen molar-refractivity contribution in [3.05, 3.63) is 0 Å². The van der Waals surface area contributed by atoms with Crippen molar-refractivity contribution in [2.75, 3.05) is 13.6 Å². The predicted octanol–water partition coefficient (Wildman–Crippen LogP) is 1.08. The van der Waals surface area contributed by atoms with E-state index in [1.54, 1.807) is 7.05 Å². The molecule has 0 saturated heterocycles. The fourth-order valence-corrected chi connectivity index (χ4v) is 1.12. The van der Waals surface area contributed by atoms with Crippen LogP contribution in [0.4, 0.5) is 0 Å². The maximum Gasteiger partial charge on any atom is 0.227 e. The van der Waals surface area contributed by atoms with Gasteiger partial charge in [0.15, 0.2) is 5.96 Å². The summed E-state index contributed by atoms with van der Waals surface area (Å²) in [7, 11) is 1.62. The van der Waals surface area contributed by atoms with E-state index in [1.807, 2.05) is 34.6 Å². The first-order valence-electron chi connectivity index (χ1n) is 5.39. The standard InChI is InChI=1S/C11H24N4O.HI/c1-10(2,3)15-9(12)14-7-11(4,5)8(16)13-6;/h7H2,1-6H3,(H,13,16)(H3,12,14,15);1H. The van der Waals surface area contributed by atoms with E-state index in [0.717, 1.165) is 0 Å². The Labute approximate surface area is 121 Å². The Hall–Kier alpha value is -0.530. The third kappa shape index (κ3) is 8.23. The Kier molecular flexibility index (Phi) is 7.78. The zero-order chi connectivity index (χ0) is 13.0. The Morgan fingerprint density at radius 1 is 1.24 bits per heavy atom. The van der Waals surface area contributed by atoms with Gasteiger partial charge < -0.3 is 16.4 Å². The lowest BCUT2D eigenvalue weighted by molar-refractivity contribution is -0.128. The number of carbonyl (C=O) groups is 1. The normalized spacial score (nSPS) is 12.7. The van der Waals surface area contributed by atoms with E-state index in [4.69, 9.17) is 5.73 Å². The lowest BCUT2D eigenvalue weighted by Gasteiger charge is -2.23. The number of nitrogens with zero attached hydrogens (tertiary/aromatic N) is 1. The monoisotopic (exact) mass is 356 g/mol. The molecule has 0 fully saturated rings. The van der Waals surface area contributed by atoms with Crippen LogP contribution in [0.15, 0.2) is 4.99 Å². The third-order valence-electron chi connectivity index (χ3n) is 1.99. The summed E-state index contributed by atoms with van der Waals surface area (Å²) in [6, 6.07) is 0. The van der Waals surface area contributed by atoms with Crippen molar-refractivity contribution < 1.29 is 4.79 Å². The van der Waals surface area contributed by atoms with Crippen LogP contribution in [0.3, 0.4) is 0 Å². The number of nitrogens with two attached hydrogens (primary N) is 1. The van der Waals surface area contributed by atoms with Gasteiger partial charge in [0, 0.05) is 12.6 Å². The van der Waals surface area contributed by atoms with Gasteiger partial charge in [-0.25, -0.2) is 0 Å². The van der Waals surface area contributed by atoms with Gasteiger partial charge in [-0.15, -0.1) is 24.0 Å². The first-order chi connectivity index (χ1) is 7.08. The second-order valence-corrected chi connectivity index (χ2v) is 5.54. The molecule has 0 aliphatic rings. The molecular weight excluding hydrogens is 331 g/mol. The van der Waals surface area contributed by atoms with Crippen LogP contribution < -0.4 is 16.4 Å². The molecular formula is C11H25IN4O. The molecule has 5 nitrogen and oxygen atoms in total. The van der Waals surface area contributed by atoms with Gasteiger partial charge in [0.1, 0.15) is 0 Å². The molecule has 102 valence electrons. The minimum atomic E-state index is -0.543. The second-order valence-electron chi connectivity index (χ2n) is 5.54.